The van der Waals surface area contributed by atoms with Gasteiger partial charge in [-0.2, -0.15) is 0 Å². The van der Waals surface area contributed by atoms with Gasteiger partial charge >= 0.3 is 0 Å². The maximum Gasteiger partial charge on any atom is 0.123 e. The fourth-order valence-corrected chi connectivity index (χ4v) is 2.25. The molecule has 0 aliphatic heterocycles. The molecule has 19 heavy (non-hydrogen) atoms. The van der Waals surface area contributed by atoms with E-state index in [1.54, 1.807) is 6.07 Å². The van der Waals surface area contributed by atoms with E-state index in [-0.39, 0.29) is 17.8 Å². The zero-order valence-electron chi connectivity index (χ0n) is 10.6. The third-order valence-electron chi connectivity index (χ3n) is 3.45. The monoisotopic (exact) mass is 257 g/mol. The molecule has 1 aliphatic carbocycles. The van der Waals surface area contributed by atoms with Gasteiger partial charge in [0.15, 0.2) is 0 Å². The number of ether oxygens (including phenoxy) is 1. The van der Waals surface area contributed by atoms with Crippen LogP contribution in [0.4, 0.5) is 4.39 Å². The molecule has 2 unspecified atom stereocenters. The molecule has 3 heteroatoms. The first kappa shape index (κ1) is 12.2. The summed E-state index contributed by atoms with van der Waals surface area (Å²) in [6.07, 6.45) is 0.908. The molecule has 2 aromatic rings. The Morgan fingerprint density at radius 2 is 1.89 bits per heavy atom. The molecule has 2 N–H and O–H groups in total. The van der Waals surface area contributed by atoms with E-state index >= 15 is 0 Å². The van der Waals surface area contributed by atoms with Crippen LogP contribution in [0.1, 0.15) is 23.5 Å². The van der Waals surface area contributed by atoms with Crippen molar-refractivity contribution >= 4 is 0 Å². The van der Waals surface area contributed by atoms with E-state index in [0.717, 1.165) is 23.3 Å². The molecule has 3 rings (SSSR count). The van der Waals surface area contributed by atoms with Gasteiger partial charge in [-0.05, 0) is 30.2 Å². The van der Waals surface area contributed by atoms with E-state index in [1.807, 2.05) is 30.3 Å². The zero-order chi connectivity index (χ0) is 13.2. The van der Waals surface area contributed by atoms with Crippen molar-refractivity contribution in [3.8, 4) is 5.75 Å². The van der Waals surface area contributed by atoms with Crippen LogP contribution in [-0.4, -0.2) is 6.04 Å². The molecule has 2 aromatic carbocycles. The molecule has 1 saturated carbocycles. The first-order valence-corrected chi connectivity index (χ1v) is 6.46. The Labute approximate surface area is 112 Å². The number of hydrogen-bond donors (Lipinski definition) is 1. The minimum Gasteiger partial charge on any atom is -0.489 e. The second kappa shape index (κ2) is 5.02. The predicted octanol–water partition coefficient (Wildman–Crippen LogP) is 3.22. The third kappa shape index (κ3) is 2.76. The lowest BCUT2D eigenvalue weighted by Gasteiger charge is -2.11. The second-order valence-corrected chi connectivity index (χ2v) is 4.96. The Kier molecular flexibility index (Phi) is 3.22. The molecule has 98 valence electrons. The number of benzene rings is 2. The molecule has 2 atom stereocenters. The van der Waals surface area contributed by atoms with Crippen molar-refractivity contribution in [1.82, 2.24) is 0 Å². The van der Waals surface area contributed by atoms with Gasteiger partial charge in [-0.15, -0.1) is 0 Å². The fourth-order valence-electron chi connectivity index (χ4n) is 2.25. The Morgan fingerprint density at radius 3 is 2.58 bits per heavy atom. The van der Waals surface area contributed by atoms with Crippen molar-refractivity contribution < 1.29 is 9.13 Å². The molecule has 0 heterocycles. The Balaban J connectivity index is 1.77. The van der Waals surface area contributed by atoms with Crippen molar-refractivity contribution in [2.45, 2.75) is 25.0 Å². The smallest absolute Gasteiger partial charge is 0.123 e. The van der Waals surface area contributed by atoms with Crippen molar-refractivity contribution in [3.05, 3.63) is 65.5 Å². The standard InChI is InChI=1S/C16H16FNO/c17-12-6-7-16(14(8-12)13-9-15(13)18)19-10-11-4-2-1-3-5-11/h1-8,13,15H,9-10,18H2. The van der Waals surface area contributed by atoms with E-state index in [0.29, 0.717) is 6.61 Å². The molecule has 0 radical (unpaired) electrons. The van der Waals surface area contributed by atoms with Crippen molar-refractivity contribution in [2.24, 2.45) is 5.73 Å². The lowest BCUT2D eigenvalue weighted by Crippen LogP contribution is -2.04. The highest BCUT2D eigenvalue weighted by atomic mass is 19.1. The fraction of sp³-hybridized carbons (Fsp3) is 0.250. The van der Waals surface area contributed by atoms with Gasteiger partial charge in [0, 0.05) is 17.5 Å². The van der Waals surface area contributed by atoms with Crippen LogP contribution in [0.15, 0.2) is 48.5 Å². The summed E-state index contributed by atoms with van der Waals surface area (Å²) in [6.45, 7) is 0.488. The van der Waals surface area contributed by atoms with Crippen LogP contribution in [0.25, 0.3) is 0 Å². The van der Waals surface area contributed by atoms with Gasteiger partial charge in [0.1, 0.15) is 18.2 Å². The first-order valence-electron chi connectivity index (χ1n) is 6.46. The first-order chi connectivity index (χ1) is 9.24. The van der Waals surface area contributed by atoms with E-state index in [9.17, 15) is 4.39 Å². The minimum absolute atomic E-state index is 0.140. The maximum absolute atomic E-state index is 13.3. The number of hydrogen-bond acceptors (Lipinski definition) is 2. The maximum atomic E-state index is 13.3. The lowest BCUT2D eigenvalue weighted by molar-refractivity contribution is 0.302. The van der Waals surface area contributed by atoms with E-state index in [4.69, 9.17) is 10.5 Å². The molecular weight excluding hydrogens is 241 g/mol. The van der Waals surface area contributed by atoms with Gasteiger partial charge in [-0.25, -0.2) is 4.39 Å². The van der Waals surface area contributed by atoms with Crippen LogP contribution in [0.3, 0.4) is 0 Å². The van der Waals surface area contributed by atoms with E-state index in [2.05, 4.69) is 0 Å². The second-order valence-electron chi connectivity index (χ2n) is 4.96. The predicted molar refractivity (Wildman–Crippen MR) is 72.5 cm³/mol. The Bertz CT molecular complexity index is 570. The van der Waals surface area contributed by atoms with E-state index < -0.39 is 0 Å². The van der Waals surface area contributed by atoms with Crippen LogP contribution >= 0.6 is 0 Å². The van der Waals surface area contributed by atoms with Gasteiger partial charge in [-0.1, -0.05) is 30.3 Å². The minimum atomic E-state index is -0.235. The number of rotatable bonds is 4. The van der Waals surface area contributed by atoms with Crippen molar-refractivity contribution in [1.29, 1.82) is 0 Å². The van der Waals surface area contributed by atoms with E-state index in [1.165, 1.54) is 12.1 Å². The Hall–Kier alpha value is -1.87. The van der Waals surface area contributed by atoms with Gasteiger partial charge in [0.05, 0.1) is 0 Å². The average molecular weight is 257 g/mol. The largest absolute Gasteiger partial charge is 0.489 e. The molecule has 0 saturated heterocycles. The SMILES string of the molecule is NC1CC1c1cc(F)ccc1OCc1ccccc1. The van der Waals surface area contributed by atoms with Crippen LogP contribution < -0.4 is 10.5 Å². The van der Waals surface area contributed by atoms with Gasteiger partial charge < -0.3 is 10.5 Å². The summed E-state index contributed by atoms with van der Waals surface area (Å²) in [5.74, 6) is 0.742. The topological polar surface area (TPSA) is 35.2 Å². The van der Waals surface area contributed by atoms with Crippen LogP contribution in [-0.2, 0) is 6.61 Å². The molecule has 1 aliphatic rings. The lowest BCUT2D eigenvalue weighted by atomic mass is 10.1. The normalized spacial score (nSPS) is 21.2. The summed E-state index contributed by atoms with van der Waals surface area (Å²) >= 11 is 0. The summed E-state index contributed by atoms with van der Waals surface area (Å²) in [6, 6.07) is 14.7. The summed E-state index contributed by atoms with van der Waals surface area (Å²) in [5, 5.41) is 0. The molecule has 0 amide bonds. The number of nitrogens with two attached hydrogens (primary N) is 1. The van der Waals surface area contributed by atoms with Gasteiger partial charge in [0.2, 0.25) is 0 Å². The highest BCUT2D eigenvalue weighted by Crippen LogP contribution is 2.43. The van der Waals surface area contributed by atoms with Crippen molar-refractivity contribution in [3.63, 3.8) is 0 Å². The van der Waals surface area contributed by atoms with Crippen molar-refractivity contribution in [2.75, 3.05) is 0 Å². The zero-order valence-corrected chi connectivity index (χ0v) is 10.6. The highest BCUT2D eigenvalue weighted by molar-refractivity contribution is 5.41. The molecule has 1 fully saturated rings. The quantitative estimate of drug-likeness (QED) is 0.912. The number of halogens is 1. The molecular formula is C16H16FNO. The van der Waals surface area contributed by atoms with Gasteiger partial charge in [0.25, 0.3) is 0 Å². The average Bonchev–Trinajstić information content (AvgIpc) is 3.15. The molecule has 0 bridgehead atoms. The Morgan fingerprint density at radius 1 is 1.16 bits per heavy atom. The molecule has 2 nitrogen and oxygen atoms in total. The summed E-state index contributed by atoms with van der Waals surface area (Å²) in [5.41, 5.74) is 7.83. The third-order valence-corrected chi connectivity index (χ3v) is 3.45. The summed E-state index contributed by atoms with van der Waals surface area (Å²) in [4.78, 5) is 0. The summed E-state index contributed by atoms with van der Waals surface area (Å²) < 4.78 is 19.1. The molecule has 0 aromatic heterocycles. The molecule has 0 spiro atoms. The summed E-state index contributed by atoms with van der Waals surface area (Å²) in [7, 11) is 0. The van der Waals surface area contributed by atoms with Gasteiger partial charge in [-0.3, -0.25) is 0 Å². The van der Waals surface area contributed by atoms with Crippen LogP contribution in [0.2, 0.25) is 0 Å². The van der Waals surface area contributed by atoms with Crippen LogP contribution in [0, 0.1) is 5.82 Å². The van der Waals surface area contributed by atoms with Crippen LogP contribution in [0.5, 0.6) is 5.75 Å². The highest BCUT2D eigenvalue weighted by Gasteiger charge is 2.37.